The number of nitrogens with zero attached hydrogens (tertiary/aromatic N) is 1. The molecule has 0 aliphatic rings. The molecular formula is C23H17NO4. The summed E-state index contributed by atoms with van der Waals surface area (Å²) in [5.74, 6) is 0.369. The number of hydrogen-bond acceptors (Lipinski definition) is 4. The van der Waals surface area contributed by atoms with Gasteiger partial charge in [-0.15, -0.1) is 0 Å². The number of fused-ring (bicyclic) bond motifs is 1. The van der Waals surface area contributed by atoms with Gasteiger partial charge in [-0.05, 0) is 36.4 Å². The molecule has 0 unspecified atom stereocenters. The van der Waals surface area contributed by atoms with Gasteiger partial charge in [0, 0.05) is 17.0 Å². The molecule has 0 spiro atoms. The van der Waals surface area contributed by atoms with Crippen LogP contribution in [0.4, 0.5) is 5.69 Å². The average Bonchev–Trinajstić information content (AvgIpc) is 2.74. The Balaban J connectivity index is 1.99. The Morgan fingerprint density at radius 1 is 0.964 bits per heavy atom. The Hall–Kier alpha value is -3.86. The van der Waals surface area contributed by atoms with E-state index in [4.69, 9.17) is 14.1 Å². The molecule has 0 saturated heterocycles. The van der Waals surface area contributed by atoms with Crippen LogP contribution in [0.3, 0.4) is 0 Å². The molecule has 1 N–H and O–H groups in total. The van der Waals surface area contributed by atoms with E-state index in [2.05, 4.69) is 0 Å². The first-order valence-corrected chi connectivity index (χ1v) is 8.69. The molecule has 0 radical (unpaired) electrons. The van der Waals surface area contributed by atoms with E-state index in [0.29, 0.717) is 28.1 Å². The third-order valence-corrected chi connectivity index (χ3v) is 4.35. The molecule has 0 bridgehead atoms. The molecular weight excluding hydrogens is 354 g/mol. The molecule has 5 heteroatoms. The first-order chi connectivity index (χ1) is 13.6. The maximum Gasteiger partial charge on any atom is 0.335 e. The fraction of sp³-hybridized carbons (Fsp3) is 0.0435. The lowest BCUT2D eigenvalue weighted by atomic mass is 10.1. The number of aromatic carboxylic acids is 1. The average molecular weight is 371 g/mol. The molecule has 1 aromatic heterocycles. The Morgan fingerprint density at radius 3 is 2.54 bits per heavy atom. The van der Waals surface area contributed by atoms with Crippen molar-refractivity contribution in [3.05, 3.63) is 89.8 Å². The Morgan fingerprint density at radius 2 is 1.79 bits per heavy atom. The van der Waals surface area contributed by atoms with E-state index < -0.39 is 5.97 Å². The monoisotopic (exact) mass is 371 g/mol. The molecule has 138 valence electrons. The summed E-state index contributed by atoms with van der Waals surface area (Å²) in [4.78, 5) is 16.0. The number of ether oxygens (including phenoxy) is 1. The molecule has 4 rings (SSSR count). The van der Waals surface area contributed by atoms with Crippen molar-refractivity contribution in [2.24, 2.45) is 4.99 Å². The molecule has 3 aromatic carbocycles. The van der Waals surface area contributed by atoms with Crippen LogP contribution in [-0.4, -0.2) is 18.2 Å². The molecule has 5 nitrogen and oxygen atoms in total. The summed E-state index contributed by atoms with van der Waals surface area (Å²) in [7, 11) is 1.60. The standard InChI is InChI=1S/C23H17NO4/c1-27-18-10-11-21-19(13-18)20(14-22(28-21)15-6-3-2-4-7-15)24-17-9-5-8-16(12-17)23(25)26/h2-14H,1H3,(H,25,26). The molecule has 0 saturated carbocycles. The summed E-state index contributed by atoms with van der Waals surface area (Å²) in [6.07, 6.45) is 0. The Kier molecular flexibility index (Phi) is 4.64. The van der Waals surface area contributed by atoms with Crippen molar-refractivity contribution >= 4 is 22.6 Å². The van der Waals surface area contributed by atoms with E-state index in [0.717, 1.165) is 10.9 Å². The minimum Gasteiger partial charge on any atom is -0.497 e. The van der Waals surface area contributed by atoms with Crippen LogP contribution in [0.2, 0.25) is 0 Å². The Bertz CT molecular complexity index is 1230. The normalized spacial score (nSPS) is 11.5. The van der Waals surface area contributed by atoms with E-state index in [1.54, 1.807) is 25.3 Å². The number of rotatable bonds is 4. The van der Waals surface area contributed by atoms with Crippen LogP contribution in [0.25, 0.3) is 22.3 Å². The fourth-order valence-corrected chi connectivity index (χ4v) is 2.96. The third-order valence-electron chi connectivity index (χ3n) is 4.35. The van der Waals surface area contributed by atoms with Crippen LogP contribution in [0.1, 0.15) is 10.4 Å². The van der Waals surface area contributed by atoms with Gasteiger partial charge in [-0.1, -0.05) is 36.4 Å². The molecule has 0 fully saturated rings. The van der Waals surface area contributed by atoms with Gasteiger partial charge >= 0.3 is 5.97 Å². The van der Waals surface area contributed by atoms with E-state index in [-0.39, 0.29) is 5.56 Å². The van der Waals surface area contributed by atoms with Crippen LogP contribution in [-0.2, 0) is 0 Å². The second-order valence-corrected chi connectivity index (χ2v) is 6.19. The van der Waals surface area contributed by atoms with Crippen LogP contribution in [0.15, 0.2) is 88.3 Å². The summed E-state index contributed by atoms with van der Waals surface area (Å²) < 4.78 is 11.4. The van der Waals surface area contributed by atoms with E-state index in [1.807, 2.05) is 54.6 Å². The van der Waals surface area contributed by atoms with Crippen molar-refractivity contribution in [1.82, 2.24) is 0 Å². The summed E-state index contributed by atoms with van der Waals surface area (Å²) in [6.45, 7) is 0. The zero-order valence-electron chi connectivity index (χ0n) is 15.1. The van der Waals surface area contributed by atoms with E-state index >= 15 is 0 Å². The number of methoxy groups -OCH3 is 1. The van der Waals surface area contributed by atoms with Crippen molar-refractivity contribution in [2.45, 2.75) is 0 Å². The highest BCUT2D eigenvalue weighted by Gasteiger charge is 2.08. The van der Waals surface area contributed by atoms with Gasteiger partial charge < -0.3 is 14.3 Å². The molecule has 28 heavy (non-hydrogen) atoms. The second-order valence-electron chi connectivity index (χ2n) is 6.19. The van der Waals surface area contributed by atoms with Gasteiger partial charge in [0.25, 0.3) is 0 Å². The molecule has 1 heterocycles. The first kappa shape index (κ1) is 17.5. The third kappa shape index (κ3) is 3.50. The smallest absolute Gasteiger partial charge is 0.335 e. The van der Waals surface area contributed by atoms with Crippen molar-refractivity contribution < 1.29 is 19.1 Å². The van der Waals surface area contributed by atoms with Crippen LogP contribution < -0.4 is 10.1 Å². The van der Waals surface area contributed by atoms with Crippen molar-refractivity contribution in [2.75, 3.05) is 7.11 Å². The van der Waals surface area contributed by atoms with Gasteiger partial charge in [0.2, 0.25) is 0 Å². The van der Waals surface area contributed by atoms with Crippen LogP contribution >= 0.6 is 0 Å². The highest BCUT2D eigenvalue weighted by molar-refractivity contribution is 5.88. The quantitative estimate of drug-likeness (QED) is 0.545. The molecule has 0 aliphatic carbocycles. The maximum absolute atomic E-state index is 11.3. The number of benzene rings is 3. The number of hydrogen-bond donors (Lipinski definition) is 1. The molecule has 0 aliphatic heterocycles. The zero-order valence-corrected chi connectivity index (χ0v) is 15.1. The second kappa shape index (κ2) is 7.40. The maximum atomic E-state index is 11.3. The largest absolute Gasteiger partial charge is 0.497 e. The van der Waals surface area contributed by atoms with E-state index in [1.165, 1.54) is 6.07 Å². The van der Waals surface area contributed by atoms with Gasteiger partial charge in [0.1, 0.15) is 17.1 Å². The van der Waals surface area contributed by atoms with Crippen molar-refractivity contribution in [1.29, 1.82) is 0 Å². The molecule has 0 amide bonds. The summed E-state index contributed by atoms with van der Waals surface area (Å²) in [5.41, 5.74) is 2.33. The fourth-order valence-electron chi connectivity index (χ4n) is 2.96. The van der Waals surface area contributed by atoms with Gasteiger partial charge in [0.05, 0.1) is 23.7 Å². The summed E-state index contributed by atoms with van der Waals surface area (Å²) in [6, 6.07) is 23.7. The Labute approximate surface area is 161 Å². The highest BCUT2D eigenvalue weighted by atomic mass is 16.5. The number of carboxylic acids is 1. The first-order valence-electron chi connectivity index (χ1n) is 8.69. The van der Waals surface area contributed by atoms with Crippen LogP contribution in [0.5, 0.6) is 5.75 Å². The van der Waals surface area contributed by atoms with Crippen molar-refractivity contribution in [3.8, 4) is 17.1 Å². The lowest BCUT2D eigenvalue weighted by Gasteiger charge is -2.07. The number of carboxylic acid groups (broad SMARTS) is 1. The topological polar surface area (TPSA) is 72.0 Å². The minimum atomic E-state index is -0.989. The predicted molar refractivity (Wildman–Crippen MR) is 107 cm³/mol. The summed E-state index contributed by atoms with van der Waals surface area (Å²) in [5, 5.41) is 10.7. The van der Waals surface area contributed by atoms with Gasteiger partial charge in [-0.25, -0.2) is 9.79 Å². The predicted octanol–water partition coefficient (Wildman–Crippen LogP) is 5.04. The van der Waals surface area contributed by atoms with Crippen LogP contribution in [0, 0.1) is 0 Å². The molecule has 4 aromatic rings. The number of carbonyl (C=O) groups is 1. The van der Waals surface area contributed by atoms with Gasteiger partial charge in [-0.2, -0.15) is 0 Å². The zero-order chi connectivity index (χ0) is 19.5. The van der Waals surface area contributed by atoms with Gasteiger partial charge in [-0.3, -0.25) is 0 Å². The molecule has 0 atom stereocenters. The summed E-state index contributed by atoms with van der Waals surface area (Å²) >= 11 is 0. The van der Waals surface area contributed by atoms with E-state index in [9.17, 15) is 9.90 Å². The highest BCUT2D eigenvalue weighted by Crippen LogP contribution is 2.25. The SMILES string of the molecule is COc1ccc2oc(-c3ccccc3)cc(=Nc3cccc(C(=O)O)c3)c2c1. The lowest BCUT2D eigenvalue weighted by molar-refractivity contribution is 0.0697. The van der Waals surface area contributed by atoms with Crippen molar-refractivity contribution in [3.63, 3.8) is 0 Å². The lowest BCUT2D eigenvalue weighted by Crippen LogP contribution is -2.04. The van der Waals surface area contributed by atoms with Gasteiger partial charge in [0.15, 0.2) is 0 Å². The minimum absolute atomic E-state index is 0.187.